The van der Waals surface area contributed by atoms with Crippen molar-refractivity contribution in [3.63, 3.8) is 0 Å². The number of rotatable bonds is 6. The summed E-state index contributed by atoms with van der Waals surface area (Å²) in [5.74, 6) is -7.03. The van der Waals surface area contributed by atoms with E-state index in [-0.39, 0.29) is 6.42 Å². The zero-order chi connectivity index (χ0) is 15.5. The highest BCUT2D eigenvalue weighted by atomic mass is 19.4. The van der Waals surface area contributed by atoms with Crippen LogP contribution in [0.3, 0.4) is 0 Å². The van der Waals surface area contributed by atoms with Crippen molar-refractivity contribution in [2.24, 2.45) is 0 Å². The van der Waals surface area contributed by atoms with Gasteiger partial charge in [0.1, 0.15) is 0 Å². The quantitative estimate of drug-likeness (QED) is 0.594. The number of alkyl halides is 7. The van der Waals surface area contributed by atoms with Crippen LogP contribution in [0.2, 0.25) is 0 Å². The predicted molar refractivity (Wildman–Crippen MR) is 44.6 cm³/mol. The topological polar surface area (TPSA) is 21.3 Å². The SMILES string of the molecule is CCCOC(F)(F)/C(F)=C(\F)C(F)(F)NC(F)(F)F. The molecule has 0 saturated heterocycles. The van der Waals surface area contributed by atoms with E-state index < -0.39 is 42.0 Å². The van der Waals surface area contributed by atoms with Gasteiger partial charge in [-0.25, -0.2) is 4.39 Å². The van der Waals surface area contributed by atoms with Gasteiger partial charge in [0.15, 0.2) is 0 Å². The molecule has 2 nitrogen and oxygen atoms in total. The molecule has 0 aromatic carbocycles. The first-order valence-corrected chi connectivity index (χ1v) is 4.65. The Hall–Kier alpha value is -0.970. The van der Waals surface area contributed by atoms with Gasteiger partial charge in [-0.2, -0.15) is 40.4 Å². The van der Waals surface area contributed by atoms with Crippen LogP contribution in [0.1, 0.15) is 13.3 Å². The Morgan fingerprint density at radius 3 is 1.79 bits per heavy atom. The van der Waals surface area contributed by atoms with Crippen LogP contribution >= 0.6 is 0 Å². The van der Waals surface area contributed by atoms with E-state index in [2.05, 4.69) is 4.74 Å². The highest BCUT2D eigenvalue weighted by molar-refractivity contribution is 5.13. The van der Waals surface area contributed by atoms with Crippen LogP contribution in [0.15, 0.2) is 11.7 Å². The van der Waals surface area contributed by atoms with Crippen molar-refractivity contribution in [1.82, 2.24) is 5.32 Å². The number of ether oxygens (including phenoxy) is 1. The van der Waals surface area contributed by atoms with Crippen LogP contribution in [0.25, 0.3) is 0 Å². The van der Waals surface area contributed by atoms with Crippen molar-refractivity contribution in [2.75, 3.05) is 6.61 Å². The summed E-state index contributed by atoms with van der Waals surface area (Å²) >= 11 is 0. The van der Waals surface area contributed by atoms with Gasteiger partial charge in [0, 0.05) is 0 Å². The smallest absolute Gasteiger partial charge is 0.315 e. The zero-order valence-corrected chi connectivity index (χ0v) is 9.22. The molecular weight excluding hydrogens is 297 g/mol. The molecule has 0 aromatic heterocycles. The second kappa shape index (κ2) is 5.99. The Morgan fingerprint density at radius 1 is 0.947 bits per heavy atom. The van der Waals surface area contributed by atoms with Crippen molar-refractivity contribution in [2.45, 2.75) is 31.8 Å². The molecule has 0 bridgehead atoms. The molecule has 0 aliphatic carbocycles. The molecule has 1 N–H and O–H groups in total. The van der Waals surface area contributed by atoms with Crippen molar-refractivity contribution in [3.8, 4) is 0 Å². The molecule has 0 fully saturated rings. The third-order valence-corrected chi connectivity index (χ3v) is 1.51. The molecule has 0 aromatic rings. The maximum absolute atomic E-state index is 12.7. The van der Waals surface area contributed by atoms with E-state index in [4.69, 9.17) is 0 Å². The number of hydrogen-bond acceptors (Lipinski definition) is 2. The van der Waals surface area contributed by atoms with Crippen LogP contribution in [0.5, 0.6) is 0 Å². The Balaban J connectivity index is 5.21. The fourth-order valence-electron chi connectivity index (χ4n) is 0.792. The molecule has 0 rings (SSSR count). The van der Waals surface area contributed by atoms with Crippen LogP contribution in [0, 0.1) is 0 Å². The summed E-state index contributed by atoms with van der Waals surface area (Å²) < 4.78 is 114. The summed E-state index contributed by atoms with van der Waals surface area (Å²) in [5, 5.41) is -0.591. The fraction of sp³-hybridized carbons (Fsp3) is 0.750. The molecule has 114 valence electrons. The lowest BCUT2D eigenvalue weighted by molar-refractivity contribution is -0.233. The molecule has 0 aliphatic rings. The average Bonchev–Trinajstić information content (AvgIpc) is 2.21. The molecular formula is C8H8F9NO. The van der Waals surface area contributed by atoms with Gasteiger partial charge in [-0.1, -0.05) is 6.92 Å². The van der Waals surface area contributed by atoms with E-state index >= 15 is 0 Å². The molecule has 0 aliphatic heterocycles. The first-order chi connectivity index (χ1) is 8.33. The standard InChI is InChI=1S/C8H8F9NO/c1-2-3-19-7(13,14)5(10)4(9)6(11,12)18-8(15,16)17/h18H,2-3H2,1H3/b5-4+. The van der Waals surface area contributed by atoms with Crippen LogP contribution in [-0.4, -0.2) is 25.1 Å². The van der Waals surface area contributed by atoms with E-state index in [9.17, 15) is 39.5 Å². The van der Waals surface area contributed by atoms with Crippen molar-refractivity contribution >= 4 is 0 Å². The summed E-state index contributed by atoms with van der Waals surface area (Å²) in [6.45, 7) is 0.486. The van der Waals surface area contributed by atoms with Gasteiger partial charge < -0.3 is 4.74 Å². The predicted octanol–water partition coefficient (Wildman–Crippen LogP) is 3.86. The van der Waals surface area contributed by atoms with Crippen LogP contribution < -0.4 is 5.32 Å². The monoisotopic (exact) mass is 305 g/mol. The van der Waals surface area contributed by atoms with Crippen molar-refractivity contribution in [1.29, 1.82) is 0 Å². The van der Waals surface area contributed by atoms with Gasteiger partial charge in [0.2, 0.25) is 11.7 Å². The number of nitrogens with one attached hydrogen (secondary N) is 1. The summed E-state index contributed by atoms with van der Waals surface area (Å²) in [6.07, 6.45) is -11.0. The lowest BCUT2D eigenvalue weighted by atomic mass is 10.3. The van der Waals surface area contributed by atoms with Crippen molar-refractivity contribution in [3.05, 3.63) is 11.7 Å². The second-order valence-electron chi connectivity index (χ2n) is 3.19. The molecule has 11 heteroatoms. The van der Waals surface area contributed by atoms with E-state index in [1.165, 1.54) is 6.92 Å². The maximum atomic E-state index is 12.7. The molecule has 0 unspecified atom stereocenters. The highest BCUT2D eigenvalue weighted by Gasteiger charge is 2.52. The highest BCUT2D eigenvalue weighted by Crippen LogP contribution is 2.37. The van der Waals surface area contributed by atoms with E-state index in [0.717, 1.165) is 0 Å². The third kappa shape index (κ3) is 5.68. The first-order valence-electron chi connectivity index (χ1n) is 4.65. The Kier molecular flexibility index (Phi) is 5.68. The van der Waals surface area contributed by atoms with Gasteiger partial charge in [-0.15, -0.1) is 0 Å². The van der Waals surface area contributed by atoms with E-state index in [0.29, 0.717) is 0 Å². The minimum atomic E-state index is -5.80. The Bertz CT molecular complexity index is 336. The van der Waals surface area contributed by atoms with Crippen molar-refractivity contribution < 1.29 is 44.3 Å². The zero-order valence-electron chi connectivity index (χ0n) is 9.22. The van der Waals surface area contributed by atoms with Gasteiger partial charge in [-0.05, 0) is 6.42 Å². The van der Waals surface area contributed by atoms with Crippen LogP contribution in [0.4, 0.5) is 39.5 Å². The third-order valence-electron chi connectivity index (χ3n) is 1.51. The largest absolute Gasteiger partial charge is 0.462 e. The maximum Gasteiger partial charge on any atom is 0.462 e. The average molecular weight is 305 g/mol. The van der Waals surface area contributed by atoms with Gasteiger partial charge in [0.05, 0.1) is 6.61 Å². The summed E-state index contributed by atoms with van der Waals surface area (Å²) in [4.78, 5) is 0. The summed E-state index contributed by atoms with van der Waals surface area (Å²) in [7, 11) is 0. The molecule has 0 radical (unpaired) electrons. The molecule has 0 heterocycles. The molecule has 0 amide bonds. The fourth-order valence-corrected chi connectivity index (χ4v) is 0.792. The molecule has 0 saturated carbocycles. The number of halogens is 9. The first kappa shape index (κ1) is 18.0. The summed E-state index contributed by atoms with van der Waals surface area (Å²) in [6, 6.07) is -5.68. The van der Waals surface area contributed by atoms with Gasteiger partial charge in [0.25, 0.3) is 0 Å². The normalized spacial score (nSPS) is 15.5. The van der Waals surface area contributed by atoms with Gasteiger partial charge in [-0.3, -0.25) is 0 Å². The second-order valence-corrected chi connectivity index (χ2v) is 3.19. The summed E-state index contributed by atoms with van der Waals surface area (Å²) in [5.41, 5.74) is 0. The Morgan fingerprint density at radius 2 is 1.42 bits per heavy atom. The minimum Gasteiger partial charge on any atom is -0.315 e. The number of hydrogen-bond donors (Lipinski definition) is 1. The molecule has 0 spiro atoms. The van der Waals surface area contributed by atoms with E-state index in [1.54, 1.807) is 0 Å². The minimum absolute atomic E-state index is 0.0817. The molecule has 0 atom stereocenters. The lowest BCUT2D eigenvalue weighted by Gasteiger charge is -2.21. The van der Waals surface area contributed by atoms with Gasteiger partial charge >= 0.3 is 18.5 Å². The molecule has 19 heavy (non-hydrogen) atoms. The van der Waals surface area contributed by atoms with E-state index in [1.807, 2.05) is 0 Å². The van der Waals surface area contributed by atoms with Crippen LogP contribution in [-0.2, 0) is 4.74 Å². The lowest BCUT2D eigenvalue weighted by Crippen LogP contribution is -2.47. The Labute approximate surface area is 101 Å².